The number of rotatable bonds is 3. The first-order valence-corrected chi connectivity index (χ1v) is 3.03. The van der Waals surface area contributed by atoms with Crippen molar-refractivity contribution in [3.63, 3.8) is 0 Å². The first-order valence-electron chi connectivity index (χ1n) is 3.03. The van der Waals surface area contributed by atoms with Gasteiger partial charge >= 0.3 is 5.97 Å². The molecule has 6 heteroatoms. The summed E-state index contributed by atoms with van der Waals surface area (Å²) in [5.41, 5.74) is 5.89. The van der Waals surface area contributed by atoms with E-state index in [1.54, 1.807) is 0 Å². The predicted octanol–water partition coefficient (Wildman–Crippen LogP) is -1.18. The van der Waals surface area contributed by atoms with Crippen molar-refractivity contribution in [2.24, 2.45) is 5.73 Å². The van der Waals surface area contributed by atoms with Gasteiger partial charge in [-0.3, -0.25) is 4.79 Å². The van der Waals surface area contributed by atoms with E-state index in [0.717, 1.165) is 0 Å². The fourth-order valence-electron chi connectivity index (χ4n) is 0.698. The summed E-state index contributed by atoms with van der Waals surface area (Å²) in [6, 6.07) is 0. The van der Waals surface area contributed by atoms with Crippen LogP contribution in [-0.4, -0.2) is 26.1 Å². The summed E-state index contributed by atoms with van der Waals surface area (Å²) < 4.78 is 1.25. The monoisotopic (exact) mass is 156 g/mol. The van der Waals surface area contributed by atoms with E-state index >= 15 is 0 Å². The van der Waals surface area contributed by atoms with Crippen LogP contribution < -0.4 is 5.73 Å². The molecular formula is C5H8N4O2. The van der Waals surface area contributed by atoms with E-state index in [1.165, 1.54) is 10.9 Å². The van der Waals surface area contributed by atoms with Crippen molar-refractivity contribution in [2.45, 2.75) is 13.1 Å². The molecule has 11 heavy (non-hydrogen) atoms. The maximum atomic E-state index is 10.2. The summed E-state index contributed by atoms with van der Waals surface area (Å²) in [5, 5.41) is 15.4. The molecule has 0 atom stereocenters. The molecule has 0 aliphatic rings. The molecule has 1 aromatic heterocycles. The molecule has 0 aliphatic heterocycles. The highest BCUT2D eigenvalue weighted by molar-refractivity contribution is 5.66. The molecule has 0 radical (unpaired) electrons. The first-order chi connectivity index (χ1) is 5.24. The second-order valence-corrected chi connectivity index (χ2v) is 1.98. The van der Waals surface area contributed by atoms with E-state index in [2.05, 4.69) is 10.3 Å². The Morgan fingerprint density at radius 1 is 1.82 bits per heavy atom. The Morgan fingerprint density at radius 3 is 3.09 bits per heavy atom. The van der Waals surface area contributed by atoms with Crippen LogP contribution in [0.4, 0.5) is 0 Å². The molecule has 60 valence electrons. The number of nitrogens with zero attached hydrogens (tertiary/aromatic N) is 3. The molecule has 0 saturated carbocycles. The van der Waals surface area contributed by atoms with Crippen molar-refractivity contribution in [3.8, 4) is 0 Å². The number of carboxylic acids is 1. The van der Waals surface area contributed by atoms with Crippen LogP contribution in [-0.2, 0) is 17.9 Å². The van der Waals surface area contributed by atoms with Crippen LogP contribution in [0, 0.1) is 0 Å². The number of carboxylic acid groups (broad SMARTS) is 1. The highest BCUT2D eigenvalue weighted by Gasteiger charge is 2.04. The van der Waals surface area contributed by atoms with E-state index in [4.69, 9.17) is 10.8 Å². The van der Waals surface area contributed by atoms with Gasteiger partial charge in [-0.1, -0.05) is 5.21 Å². The van der Waals surface area contributed by atoms with Crippen molar-refractivity contribution < 1.29 is 9.90 Å². The van der Waals surface area contributed by atoms with E-state index in [9.17, 15) is 4.79 Å². The van der Waals surface area contributed by atoms with Crippen LogP contribution in [0.5, 0.6) is 0 Å². The van der Waals surface area contributed by atoms with Crippen molar-refractivity contribution in [2.75, 3.05) is 0 Å². The van der Waals surface area contributed by atoms with Crippen molar-refractivity contribution >= 4 is 5.97 Å². The Kier molecular flexibility index (Phi) is 2.17. The van der Waals surface area contributed by atoms with Gasteiger partial charge in [-0.2, -0.15) is 0 Å². The molecule has 0 saturated heterocycles. The van der Waals surface area contributed by atoms with Crippen LogP contribution in [0.3, 0.4) is 0 Å². The summed E-state index contributed by atoms with van der Waals surface area (Å²) >= 11 is 0. The minimum absolute atomic E-state index is 0.188. The smallest absolute Gasteiger partial charge is 0.325 e. The third-order valence-electron chi connectivity index (χ3n) is 1.19. The van der Waals surface area contributed by atoms with Gasteiger partial charge in [0.05, 0.1) is 11.9 Å². The van der Waals surface area contributed by atoms with Gasteiger partial charge in [0, 0.05) is 6.54 Å². The molecular weight excluding hydrogens is 148 g/mol. The summed E-state index contributed by atoms with van der Waals surface area (Å²) in [5.74, 6) is -0.954. The molecule has 0 unspecified atom stereocenters. The lowest BCUT2D eigenvalue weighted by Gasteiger charge is -1.98. The Bertz CT molecular complexity index is 257. The standard InChI is InChI=1S/C5H8N4O2/c6-1-4-2-7-8-9(4)3-5(10)11/h2H,1,3,6H2,(H,10,11). The number of hydrogen-bond acceptors (Lipinski definition) is 4. The maximum absolute atomic E-state index is 10.2. The molecule has 0 aliphatic carbocycles. The Morgan fingerprint density at radius 2 is 2.55 bits per heavy atom. The molecule has 0 amide bonds. The maximum Gasteiger partial charge on any atom is 0.325 e. The van der Waals surface area contributed by atoms with Gasteiger partial charge in [-0.05, 0) is 0 Å². The first kappa shape index (κ1) is 7.67. The van der Waals surface area contributed by atoms with Gasteiger partial charge in [-0.25, -0.2) is 4.68 Å². The molecule has 0 fully saturated rings. The fourth-order valence-corrected chi connectivity index (χ4v) is 0.698. The molecule has 3 N–H and O–H groups in total. The van der Waals surface area contributed by atoms with Gasteiger partial charge < -0.3 is 10.8 Å². The number of nitrogens with two attached hydrogens (primary N) is 1. The average molecular weight is 156 g/mol. The Labute approximate surface area is 62.6 Å². The van der Waals surface area contributed by atoms with E-state index in [1.807, 2.05) is 0 Å². The number of aromatic nitrogens is 3. The van der Waals surface area contributed by atoms with Crippen molar-refractivity contribution in [3.05, 3.63) is 11.9 Å². The van der Waals surface area contributed by atoms with Crippen molar-refractivity contribution in [1.82, 2.24) is 15.0 Å². The van der Waals surface area contributed by atoms with E-state index < -0.39 is 5.97 Å². The average Bonchev–Trinajstić information content (AvgIpc) is 2.34. The summed E-state index contributed by atoms with van der Waals surface area (Å²) in [7, 11) is 0. The fraction of sp³-hybridized carbons (Fsp3) is 0.400. The highest BCUT2D eigenvalue weighted by atomic mass is 16.4. The van der Waals surface area contributed by atoms with Crippen LogP contribution in [0.1, 0.15) is 5.69 Å². The predicted molar refractivity (Wildman–Crippen MR) is 35.5 cm³/mol. The largest absolute Gasteiger partial charge is 0.480 e. The number of carbonyl (C=O) groups is 1. The topological polar surface area (TPSA) is 94.0 Å². The summed E-state index contributed by atoms with van der Waals surface area (Å²) in [6.07, 6.45) is 1.45. The van der Waals surface area contributed by atoms with E-state index in [0.29, 0.717) is 5.69 Å². The molecule has 1 rings (SSSR count). The van der Waals surface area contributed by atoms with Crippen molar-refractivity contribution in [1.29, 1.82) is 0 Å². The van der Waals surface area contributed by atoms with Crippen LogP contribution >= 0.6 is 0 Å². The second kappa shape index (κ2) is 3.11. The normalized spacial score (nSPS) is 9.91. The molecule has 1 aromatic rings. The zero-order valence-corrected chi connectivity index (χ0v) is 5.77. The lowest BCUT2D eigenvalue weighted by molar-refractivity contribution is -0.137. The lowest BCUT2D eigenvalue weighted by atomic mass is 10.4. The highest BCUT2D eigenvalue weighted by Crippen LogP contribution is 1.93. The molecule has 0 spiro atoms. The van der Waals surface area contributed by atoms with Gasteiger partial charge in [0.2, 0.25) is 0 Å². The molecule has 1 heterocycles. The molecule has 0 bridgehead atoms. The third kappa shape index (κ3) is 1.74. The second-order valence-electron chi connectivity index (χ2n) is 1.98. The lowest BCUT2D eigenvalue weighted by Crippen LogP contribution is -2.14. The third-order valence-corrected chi connectivity index (χ3v) is 1.19. The SMILES string of the molecule is NCc1cnnn1CC(=O)O. The van der Waals surface area contributed by atoms with Gasteiger partial charge in [0.15, 0.2) is 0 Å². The summed E-state index contributed by atoms with van der Waals surface area (Å²) in [4.78, 5) is 10.2. The van der Waals surface area contributed by atoms with Crippen LogP contribution in [0.2, 0.25) is 0 Å². The minimum Gasteiger partial charge on any atom is -0.480 e. The molecule has 0 aromatic carbocycles. The molecule has 6 nitrogen and oxygen atoms in total. The zero-order valence-electron chi connectivity index (χ0n) is 5.77. The zero-order chi connectivity index (χ0) is 8.27. The Balaban J connectivity index is 2.76. The number of aliphatic carboxylic acids is 1. The van der Waals surface area contributed by atoms with Gasteiger partial charge in [0.25, 0.3) is 0 Å². The summed E-state index contributed by atoms with van der Waals surface area (Å²) in [6.45, 7) is 0.0623. The number of hydrogen-bond donors (Lipinski definition) is 2. The quantitative estimate of drug-likeness (QED) is 0.574. The Hall–Kier alpha value is -1.43. The van der Waals surface area contributed by atoms with E-state index in [-0.39, 0.29) is 13.1 Å². The van der Waals surface area contributed by atoms with Crippen LogP contribution in [0.25, 0.3) is 0 Å². The van der Waals surface area contributed by atoms with Gasteiger partial charge in [0.1, 0.15) is 6.54 Å². The minimum atomic E-state index is -0.954. The van der Waals surface area contributed by atoms with Gasteiger partial charge in [-0.15, -0.1) is 5.10 Å². The van der Waals surface area contributed by atoms with Crippen LogP contribution in [0.15, 0.2) is 6.20 Å².